The molecule has 7 nitrogen and oxygen atoms in total. The normalized spacial score (nSPS) is 17.5. The fourth-order valence-corrected chi connectivity index (χ4v) is 3.66. The minimum Gasteiger partial charge on any atom is -0.395 e. The second-order valence-corrected chi connectivity index (χ2v) is 6.64. The standard InChI is InChI=1S/C14H21N3O4S/c1-3-11(9-18)15-4-6-16(7-5-15)14(19)13-8-12(17(20)21)10(2)22-13/h8,11,18H,3-7,9H2,1-2H3. The Hall–Kier alpha value is -1.51. The average Bonchev–Trinajstić information content (AvgIpc) is 2.90. The van der Waals surface area contributed by atoms with Crippen LogP contribution in [-0.4, -0.2) is 64.6 Å². The van der Waals surface area contributed by atoms with Crippen molar-refractivity contribution in [3.63, 3.8) is 0 Å². The molecule has 1 saturated heterocycles. The summed E-state index contributed by atoms with van der Waals surface area (Å²) in [6, 6.07) is 1.51. The van der Waals surface area contributed by atoms with Gasteiger partial charge in [-0.2, -0.15) is 0 Å². The van der Waals surface area contributed by atoms with E-state index in [1.54, 1.807) is 11.8 Å². The molecule has 0 bridgehead atoms. The van der Waals surface area contributed by atoms with Gasteiger partial charge in [-0.15, -0.1) is 11.3 Å². The number of aliphatic hydroxyl groups is 1. The third-order valence-electron chi connectivity index (χ3n) is 4.10. The number of aryl methyl sites for hydroxylation is 1. The fourth-order valence-electron chi connectivity index (χ4n) is 2.71. The number of nitrogens with zero attached hydrogens (tertiary/aromatic N) is 3. The third kappa shape index (κ3) is 3.45. The van der Waals surface area contributed by atoms with Crippen LogP contribution in [0.15, 0.2) is 6.07 Å². The second kappa shape index (κ2) is 7.17. The van der Waals surface area contributed by atoms with E-state index in [2.05, 4.69) is 4.90 Å². The van der Waals surface area contributed by atoms with Crippen molar-refractivity contribution in [1.82, 2.24) is 9.80 Å². The summed E-state index contributed by atoms with van der Waals surface area (Å²) in [6.45, 7) is 6.42. The molecule has 1 fully saturated rings. The lowest BCUT2D eigenvalue weighted by atomic mass is 10.1. The van der Waals surface area contributed by atoms with Crippen LogP contribution >= 0.6 is 11.3 Å². The molecule has 2 rings (SSSR count). The molecule has 0 radical (unpaired) electrons. The molecule has 1 atom stereocenters. The average molecular weight is 327 g/mol. The van der Waals surface area contributed by atoms with Crippen LogP contribution < -0.4 is 0 Å². The number of nitro groups is 1. The Morgan fingerprint density at radius 2 is 2.09 bits per heavy atom. The smallest absolute Gasteiger partial charge is 0.283 e. The van der Waals surface area contributed by atoms with Gasteiger partial charge in [-0.1, -0.05) is 6.92 Å². The zero-order valence-electron chi connectivity index (χ0n) is 12.8. The highest BCUT2D eigenvalue weighted by Crippen LogP contribution is 2.29. The van der Waals surface area contributed by atoms with Crippen molar-refractivity contribution in [2.45, 2.75) is 26.3 Å². The van der Waals surface area contributed by atoms with Crippen molar-refractivity contribution >= 4 is 22.9 Å². The Labute approximate surface area is 133 Å². The molecule has 1 aromatic heterocycles. The Bertz CT molecular complexity index is 548. The fraction of sp³-hybridized carbons (Fsp3) is 0.643. The molecule has 8 heteroatoms. The van der Waals surface area contributed by atoms with Crippen molar-refractivity contribution in [2.75, 3.05) is 32.8 Å². The van der Waals surface area contributed by atoms with Crippen LogP contribution in [0.4, 0.5) is 5.69 Å². The molecular formula is C14H21N3O4S. The van der Waals surface area contributed by atoms with E-state index in [0.717, 1.165) is 19.5 Å². The molecule has 2 heterocycles. The van der Waals surface area contributed by atoms with Gasteiger partial charge >= 0.3 is 0 Å². The summed E-state index contributed by atoms with van der Waals surface area (Å²) in [5, 5.41) is 20.2. The SMILES string of the molecule is CCC(CO)N1CCN(C(=O)c2cc([N+](=O)[O-])c(C)s2)CC1. The molecular weight excluding hydrogens is 306 g/mol. The van der Waals surface area contributed by atoms with Crippen LogP contribution in [0.25, 0.3) is 0 Å². The summed E-state index contributed by atoms with van der Waals surface area (Å²) in [7, 11) is 0. The van der Waals surface area contributed by atoms with Gasteiger partial charge in [0, 0.05) is 38.3 Å². The maximum Gasteiger partial charge on any atom is 0.283 e. The number of carbonyl (C=O) groups is 1. The summed E-state index contributed by atoms with van der Waals surface area (Å²) in [5.41, 5.74) is 0.0123. The molecule has 0 aromatic carbocycles. The van der Waals surface area contributed by atoms with Crippen LogP contribution in [0.1, 0.15) is 27.9 Å². The maximum absolute atomic E-state index is 12.4. The predicted octanol–water partition coefficient (Wildman–Crippen LogP) is 1.49. The number of piperazine rings is 1. The Balaban J connectivity index is 2.01. The number of thiophene rings is 1. The van der Waals surface area contributed by atoms with Crippen LogP contribution in [0.2, 0.25) is 0 Å². The van der Waals surface area contributed by atoms with Gasteiger partial charge in [0.15, 0.2) is 0 Å². The summed E-state index contributed by atoms with van der Waals surface area (Å²) < 4.78 is 0. The minimum atomic E-state index is -0.451. The number of hydrogen-bond acceptors (Lipinski definition) is 6. The van der Waals surface area contributed by atoms with Crippen LogP contribution in [0, 0.1) is 17.0 Å². The molecule has 122 valence electrons. The quantitative estimate of drug-likeness (QED) is 0.654. The summed E-state index contributed by atoms with van der Waals surface area (Å²) in [5.74, 6) is -0.141. The molecule has 1 aliphatic rings. The van der Waals surface area contributed by atoms with E-state index in [-0.39, 0.29) is 24.2 Å². The first kappa shape index (κ1) is 16.9. The van der Waals surface area contributed by atoms with Crippen LogP contribution in [-0.2, 0) is 0 Å². The number of rotatable bonds is 5. The first-order chi connectivity index (χ1) is 10.5. The van der Waals surface area contributed by atoms with Crippen molar-refractivity contribution in [3.05, 3.63) is 25.9 Å². The number of carbonyl (C=O) groups excluding carboxylic acids is 1. The molecule has 1 unspecified atom stereocenters. The van der Waals surface area contributed by atoms with Gasteiger partial charge in [0.25, 0.3) is 11.6 Å². The van der Waals surface area contributed by atoms with Crippen molar-refractivity contribution in [1.29, 1.82) is 0 Å². The molecule has 1 amide bonds. The largest absolute Gasteiger partial charge is 0.395 e. The lowest BCUT2D eigenvalue weighted by molar-refractivity contribution is -0.385. The first-order valence-electron chi connectivity index (χ1n) is 7.37. The van der Waals surface area contributed by atoms with Crippen LogP contribution in [0.5, 0.6) is 0 Å². The highest BCUT2D eigenvalue weighted by Gasteiger charge is 2.28. The summed E-state index contributed by atoms with van der Waals surface area (Å²) in [4.78, 5) is 27.8. The van der Waals surface area contributed by atoms with Gasteiger partial charge < -0.3 is 10.0 Å². The topological polar surface area (TPSA) is 86.9 Å². The van der Waals surface area contributed by atoms with Gasteiger partial charge in [-0.05, 0) is 13.3 Å². The number of hydrogen-bond donors (Lipinski definition) is 1. The Kier molecular flexibility index (Phi) is 5.49. The molecule has 1 aromatic rings. The predicted molar refractivity (Wildman–Crippen MR) is 84.4 cm³/mol. The lowest BCUT2D eigenvalue weighted by Gasteiger charge is -2.38. The Morgan fingerprint density at radius 3 is 2.55 bits per heavy atom. The van der Waals surface area contributed by atoms with Gasteiger partial charge in [0.1, 0.15) is 0 Å². The zero-order chi connectivity index (χ0) is 16.3. The number of aliphatic hydroxyl groups excluding tert-OH is 1. The van der Waals surface area contributed by atoms with E-state index < -0.39 is 4.92 Å². The van der Waals surface area contributed by atoms with E-state index in [0.29, 0.717) is 22.8 Å². The summed E-state index contributed by atoms with van der Waals surface area (Å²) >= 11 is 1.17. The zero-order valence-corrected chi connectivity index (χ0v) is 13.6. The molecule has 0 aliphatic carbocycles. The summed E-state index contributed by atoms with van der Waals surface area (Å²) in [6.07, 6.45) is 0.876. The van der Waals surface area contributed by atoms with E-state index in [4.69, 9.17) is 0 Å². The van der Waals surface area contributed by atoms with Gasteiger partial charge in [-0.3, -0.25) is 19.8 Å². The maximum atomic E-state index is 12.4. The van der Waals surface area contributed by atoms with E-state index in [9.17, 15) is 20.0 Å². The molecule has 0 saturated carbocycles. The first-order valence-corrected chi connectivity index (χ1v) is 8.18. The van der Waals surface area contributed by atoms with Gasteiger partial charge in [0.2, 0.25) is 0 Å². The lowest BCUT2D eigenvalue weighted by Crippen LogP contribution is -2.52. The van der Waals surface area contributed by atoms with E-state index in [1.807, 2.05) is 6.92 Å². The van der Waals surface area contributed by atoms with Gasteiger partial charge in [-0.25, -0.2) is 0 Å². The molecule has 0 spiro atoms. The van der Waals surface area contributed by atoms with E-state index in [1.165, 1.54) is 17.4 Å². The van der Waals surface area contributed by atoms with Crippen molar-refractivity contribution in [2.24, 2.45) is 0 Å². The Morgan fingerprint density at radius 1 is 1.45 bits per heavy atom. The van der Waals surface area contributed by atoms with Crippen molar-refractivity contribution < 1.29 is 14.8 Å². The highest BCUT2D eigenvalue weighted by atomic mass is 32.1. The number of amides is 1. The van der Waals surface area contributed by atoms with Gasteiger partial charge in [0.05, 0.1) is 21.3 Å². The highest BCUT2D eigenvalue weighted by molar-refractivity contribution is 7.14. The monoisotopic (exact) mass is 327 g/mol. The molecule has 1 N–H and O–H groups in total. The minimum absolute atomic E-state index is 0.0123. The molecule has 1 aliphatic heterocycles. The van der Waals surface area contributed by atoms with Crippen molar-refractivity contribution in [3.8, 4) is 0 Å². The van der Waals surface area contributed by atoms with E-state index >= 15 is 0 Å². The van der Waals surface area contributed by atoms with Crippen LogP contribution in [0.3, 0.4) is 0 Å². The third-order valence-corrected chi connectivity index (χ3v) is 5.13. The molecule has 22 heavy (non-hydrogen) atoms. The second-order valence-electron chi connectivity index (χ2n) is 5.38.